The van der Waals surface area contributed by atoms with Gasteiger partial charge in [0.2, 0.25) is 10.0 Å². The second-order valence-corrected chi connectivity index (χ2v) is 7.38. The molecular formula is C15H26N2O2S. The molecule has 0 bridgehead atoms. The summed E-state index contributed by atoms with van der Waals surface area (Å²) in [5.41, 5.74) is 6.58. The van der Waals surface area contributed by atoms with Gasteiger partial charge in [-0.05, 0) is 48.9 Å². The fourth-order valence-electron chi connectivity index (χ4n) is 1.70. The molecule has 0 aromatic heterocycles. The zero-order chi connectivity index (χ0) is 15.2. The van der Waals surface area contributed by atoms with E-state index in [-0.39, 0.29) is 0 Å². The molecule has 1 aromatic carbocycles. The Bertz CT molecular complexity index is 495. The second kappa shape index (κ2) is 7.76. The summed E-state index contributed by atoms with van der Waals surface area (Å²) in [6.45, 7) is 7.34. The van der Waals surface area contributed by atoms with E-state index in [9.17, 15) is 8.42 Å². The number of aryl methyl sites for hydroxylation is 1. The summed E-state index contributed by atoms with van der Waals surface area (Å²) in [6, 6.07) is 7.04. The fraction of sp³-hybridized carbons (Fsp3) is 0.600. The Morgan fingerprint density at radius 1 is 1.15 bits per heavy atom. The molecule has 1 atom stereocenters. The average molecular weight is 298 g/mol. The van der Waals surface area contributed by atoms with Crippen LogP contribution in [0, 0.1) is 11.8 Å². The van der Waals surface area contributed by atoms with Crippen LogP contribution in [0.2, 0.25) is 0 Å². The summed E-state index contributed by atoms with van der Waals surface area (Å²) < 4.78 is 27.0. The van der Waals surface area contributed by atoms with Crippen LogP contribution in [0.3, 0.4) is 0 Å². The maximum absolute atomic E-state index is 12.2. The van der Waals surface area contributed by atoms with Crippen molar-refractivity contribution in [1.29, 1.82) is 0 Å². The number of benzene rings is 1. The normalized spacial score (nSPS) is 13.7. The molecule has 3 N–H and O–H groups in total. The molecule has 0 saturated carbocycles. The van der Waals surface area contributed by atoms with E-state index in [2.05, 4.69) is 18.6 Å². The minimum Gasteiger partial charge on any atom is -0.330 e. The molecular weight excluding hydrogens is 272 g/mol. The van der Waals surface area contributed by atoms with Crippen molar-refractivity contribution in [3.8, 4) is 0 Å². The van der Waals surface area contributed by atoms with Gasteiger partial charge in [-0.3, -0.25) is 0 Å². The van der Waals surface area contributed by atoms with E-state index < -0.39 is 10.0 Å². The molecule has 5 heteroatoms. The van der Waals surface area contributed by atoms with Crippen molar-refractivity contribution in [1.82, 2.24) is 4.72 Å². The third-order valence-electron chi connectivity index (χ3n) is 3.64. The summed E-state index contributed by atoms with van der Waals surface area (Å²) in [6.07, 6.45) is 1.80. The van der Waals surface area contributed by atoms with Gasteiger partial charge in [-0.1, -0.05) is 32.9 Å². The Hall–Kier alpha value is -0.910. The molecule has 0 aliphatic heterocycles. The highest BCUT2D eigenvalue weighted by Crippen LogP contribution is 2.13. The van der Waals surface area contributed by atoms with E-state index in [0.29, 0.717) is 29.8 Å². The highest BCUT2D eigenvalue weighted by atomic mass is 32.2. The van der Waals surface area contributed by atoms with E-state index in [1.807, 2.05) is 19.1 Å². The Balaban J connectivity index is 2.68. The minimum absolute atomic E-state index is 0.314. The number of hydrogen-bond acceptors (Lipinski definition) is 3. The number of hydrogen-bond donors (Lipinski definition) is 2. The molecule has 1 aromatic rings. The quantitative estimate of drug-likeness (QED) is 0.772. The molecule has 0 amide bonds. The topological polar surface area (TPSA) is 72.2 Å². The predicted molar refractivity (Wildman–Crippen MR) is 83.0 cm³/mol. The van der Waals surface area contributed by atoms with Crippen LogP contribution >= 0.6 is 0 Å². The molecule has 0 aliphatic carbocycles. The van der Waals surface area contributed by atoms with E-state index in [0.717, 1.165) is 18.4 Å². The lowest BCUT2D eigenvalue weighted by atomic mass is 9.99. The van der Waals surface area contributed by atoms with Gasteiger partial charge in [-0.15, -0.1) is 0 Å². The van der Waals surface area contributed by atoms with Crippen LogP contribution in [0.1, 0.15) is 32.8 Å². The molecule has 114 valence electrons. The highest BCUT2D eigenvalue weighted by Gasteiger charge is 2.16. The Labute approximate surface area is 122 Å². The zero-order valence-corrected chi connectivity index (χ0v) is 13.4. The molecule has 0 fully saturated rings. The smallest absolute Gasteiger partial charge is 0.240 e. The Kier molecular flexibility index (Phi) is 6.65. The molecule has 0 radical (unpaired) electrons. The van der Waals surface area contributed by atoms with Crippen molar-refractivity contribution in [3.63, 3.8) is 0 Å². The molecule has 20 heavy (non-hydrogen) atoms. The third-order valence-corrected chi connectivity index (χ3v) is 5.08. The lowest BCUT2D eigenvalue weighted by molar-refractivity contribution is 0.414. The Morgan fingerprint density at radius 3 is 2.25 bits per heavy atom. The van der Waals surface area contributed by atoms with Gasteiger partial charge in [0.1, 0.15) is 0 Å². The first kappa shape index (κ1) is 17.1. The molecule has 1 unspecified atom stereocenters. The first-order valence-corrected chi connectivity index (χ1v) is 8.64. The molecule has 0 spiro atoms. The van der Waals surface area contributed by atoms with Crippen LogP contribution in [0.5, 0.6) is 0 Å². The van der Waals surface area contributed by atoms with Gasteiger partial charge in [0.25, 0.3) is 0 Å². The standard InChI is InChI=1S/C15H26N2O2S/c1-12(2)13(3)11-17-20(18,19)15-8-6-14(7-9-15)5-4-10-16/h6-9,12-13,17H,4-5,10-11,16H2,1-3H3. The zero-order valence-electron chi connectivity index (χ0n) is 12.6. The van der Waals surface area contributed by atoms with Crippen LogP contribution in [0.25, 0.3) is 0 Å². The SMILES string of the molecule is CC(C)C(C)CNS(=O)(=O)c1ccc(CCCN)cc1. The lowest BCUT2D eigenvalue weighted by Gasteiger charge is -2.16. The van der Waals surface area contributed by atoms with Crippen molar-refractivity contribution < 1.29 is 8.42 Å². The third kappa shape index (κ3) is 5.23. The number of nitrogens with two attached hydrogens (primary N) is 1. The van der Waals surface area contributed by atoms with Crippen molar-refractivity contribution in [2.75, 3.05) is 13.1 Å². The van der Waals surface area contributed by atoms with Gasteiger partial charge in [-0.25, -0.2) is 13.1 Å². The summed E-state index contributed by atoms with van der Waals surface area (Å²) in [5, 5.41) is 0. The van der Waals surface area contributed by atoms with Crippen LogP contribution in [0.15, 0.2) is 29.2 Å². The minimum atomic E-state index is -3.40. The van der Waals surface area contributed by atoms with Gasteiger partial charge in [0, 0.05) is 6.54 Å². The summed E-state index contributed by atoms with van der Waals surface area (Å²) >= 11 is 0. The monoisotopic (exact) mass is 298 g/mol. The molecule has 0 saturated heterocycles. The maximum Gasteiger partial charge on any atom is 0.240 e. The first-order chi connectivity index (χ1) is 9.36. The Morgan fingerprint density at radius 2 is 1.75 bits per heavy atom. The summed E-state index contributed by atoms with van der Waals surface area (Å²) in [5.74, 6) is 0.768. The first-order valence-electron chi connectivity index (χ1n) is 7.15. The predicted octanol–water partition coefficient (Wildman–Crippen LogP) is 2.15. The van der Waals surface area contributed by atoms with Gasteiger partial charge in [0.05, 0.1) is 4.90 Å². The van der Waals surface area contributed by atoms with Crippen molar-refractivity contribution in [2.45, 2.75) is 38.5 Å². The largest absolute Gasteiger partial charge is 0.330 e. The molecule has 1 rings (SSSR count). The van der Waals surface area contributed by atoms with Gasteiger partial charge < -0.3 is 5.73 Å². The van der Waals surface area contributed by atoms with Gasteiger partial charge in [-0.2, -0.15) is 0 Å². The van der Waals surface area contributed by atoms with E-state index in [4.69, 9.17) is 5.73 Å². The maximum atomic E-state index is 12.2. The highest BCUT2D eigenvalue weighted by molar-refractivity contribution is 7.89. The van der Waals surface area contributed by atoms with Crippen molar-refractivity contribution in [2.24, 2.45) is 17.6 Å². The molecule has 0 heterocycles. The van der Waals surface area contributed by atoms with Gasteiger partial charge >= 0.3 is 0 Å². The number of sulfonamides is 1. The molecule has 4 nitrogen and oxygen atoms in total. The second-order valence-electron chi connectivity index (χ2n) is 5.61. The van der Waals surface area contributed by atoms with E-state index in [1.54, 1.807) is 12.1 Å². The van der Waals surface area contributed by atoms with E-state index >= 15 is 0 Å². The van der Waals surface area contributed by atoms with Crippen molar-refractivity contribution >= 4 is 10.0 Å². The fourth-order valence-corrected chi connectivity index (χ4v) is 2.85. The average Bonchev–Trinajstić information content (AvgIpc) is 2.43. The van der Waals surface area contributed by atoms with Crippen LogP contribution < -0.4 is 10.5 Å². The van der Waals surface area contributed by atoms with E-state index in [1.165, 1.54) is 0 Å². The summed E-state index contributed by atoms with van der Waals surface area (Å²) in [4.78, 5) is 0.324. The number of nitrogens with one attached hydrogen (secondary N) is 1. The lowest BCUT2D eigenvalue weighted by Crippen LogP contribution is -2.30. The van der Waals surface area contributed by atoms with Crippen LogP contribution in [0.4, 0.5) is 0 Å². The van der Waals surface area contributed by atoms with Crippen molar-refractivity contribution in [3.05, 3.63) is 29.8 Å². The van der Waals surface area contributed by atoms with Crippen LogP contribution in [-0.4, -0.2) is 21.5 Å². The summed E-state index contributed by atoms with van der Waals surface area (Å²) in [7, 11) is -3.40. The van der Waals surface area contributed by atoms with Crippen LogP contribution in [-0.2, 0) is 16.4 Å². The van der Waals surface area contributed by atoms with Gasteiger partial charge in [0.15, 0.2) is 0 Å². The number of rotatable bonds is 8. The molecule has 0 aliphatic rings.